The Morgan fingerprint density at radius 1 is 1.03 bits per heavy atom. The van der Waals surface area contributed by atoms with Crippen molar-refractivity contribution < 1.29 is 31.1 Å². The average molecular weight is 500 g/mol. The van der Waals surface area contributed by atoms with E-state index in [9.17, 15) is 26.3 Å². The lowest BCUT2D eigenvalue weighted by atomic mass is 9.82. The molecule has 0 N–H and O–H groups in total. The first-order chi connectivity index (χ1) is 16.5. The number of aryl methyl sites for hydroxylation is 1. The zero-order valence-electron chi connectivity index (χ0n) is 18.6. The first-order valence-corrected chi connectivity index (χ1v) is 11.2. The minimum absolute atomic E-state index is 0.153. The molecule has 35 heavy (non-hydrogen) atoms. The summed E-state index contributed by atoms with van der Waals surface area (Å²) < 4.78 is 83.8. The normalized spacial score (nSPS) is 22.7. The Morgan fingerprint density at radius 2 is 1.74 bits per heavy atom. The number of hydrogen-bond donors (Lipinski definition) is 0. The van der Waals surface area contributed by atoms with Gasteiger partial charge in [0.2, 0.25) is 0 Å². The molecule has 2 bridgehead atoms. The van der Waals surface area contributed by atoms with Crippen molar-refractivity contribution in [1.82, 2.24) is 24.6 Å². The van der Waals surface area contributed by atoms with Crippen molar-refractivity contribution >= 4 is 11.5 Å². The Hall–Kier alpha value is -3.12. The third kappa shape index (κ3) is 4.85. The van der Waals surface area contributed by atoms with E-state index < -0.39 is 30.4 Å². The first kappa shape index (κ1) is 23.6. The van der Waals surface area contributed by atoms with E-state index in [0.29, 0.717) is 17.0 Å². The highest BCUT2D eigenvalue weighted by Crippen LogP contribution is 2.44. The third-order valence-electron chi connectivity index (χ3n) is 6.73. The van der Waals surface area contributed by atoms with Gasteiger partial charge in [-0.15, -0.1) is 0 Å². The molecule has 1 aliphatic heterocycles. The molecule has 1 unspecified atom stereocenters. The highest BCUT2D eigenvalue weighted by Gasteiger charge is 2.43. The molecule has 0 amide bonds. The van der Waals surface area contributed by atoms with Gasteiger partial charge in [-0.1, -0.05) is 0 Å². The van der Waals surface area contributed by atoms with E-state index in [0.717, 1.165) is 43.5 Å². The number of nitrogens with zero attached hydrogens (tertiary/aromatic N) is 6. The molecule has 0 radical (unpaired) electrons. The number of piperidine rings is 1. The number of rotatable bonds is 5. The van der Waals surface area contributed by atoms with E-state index >= 15 is 0 Å². The number of ether oxygens (including phenoxy) is 1. The Balaban J connectivity index is 1.40. The topological polar surface area (TPSA) is 68.4 Å². The minimum atomic E-state index is -4.76. The number of pyridine rings is 1. The fourth-order valence-corrected chi connectivity index (χ4v) is 5.24. The second-order valence-electron chi connectivity index (χ2n) is 9.14. The van der Waals surface area contributed by atoms with Gasteiger partial charge in [0, 0.05) is 31.3 Å². The highest BCUT2D eigenvalue weighted by atomic mass is 19.4. The Kier molecular flexibility index (Phi) is 5.75. The number of fused-ring (bicyclic) bond motifs is 3. The summed E-state index contributed by atoms with van der Waals surface area (Å²) in [6.45, 7) is 1.75. The molecule has 2 fully saturated rings. The lowest BCUT2D eigenvalue weighted by Gasteiger charge is -2.38. The average Bonchev–Trinajstić information content (AvgIpc) is 3.27. The molecule has 0 aromatic carbocycles. The van der Waals surface area contributed by atoms with Crippen LogP contribution in [-0.4, -0.2) is 50.4 Å². The fraction of sp³-hybridized carbons (Fsp3) is 0.545. The highest BCUT2D eigenvalue weighted by molar-refractivity contribution is 5.54. The van der Waals surface area contributed by atoms with E-state index in [4.69, 9.17) is 4.74 Å². The van der Waals surface area contributed by atoms with Crippen LogP contribution in [0.4, 0.5) is 32.2 Å². The molecule has 5 rings (SSSR count). The van der Waals surface area contributed by atoms with Crippen molar-refractivity contribution in [1.29, 1.82) is 0 Å². The summed E-state index contributed by atoms with van der Waals surface area (Å²) in [5.41, 5.74) is -0.634. The summed E-state index contributed by atoms with van der Waals surface area (Å²) in [4.78, 5) is 14.9. The molecule has 2 aliphatic rings. The SMILES string of the molecule is Cc1cc(N2C[C@H]3CC[C@@H](C2)C3Cc2nc3c(OCC(F)(F)F)ccc(C(F)(F)F)n3n2)ncn1. The maximum absolute atomic E-state index is 13.5. The molecule has 3 atom stereocenters. The van der Waals surface area contributed by atoms with Gasteiger partial charge in [0.1, 0.15) is 17.8 Å². The van der Waals surface area contributed by atoms with Crippen molar-refractivity contribution in [2.24, 2.45) is 17.8 Å². The van der Waals surface area contributed by atoms with Crippen LogP contribution >= 0.6 is 0 Å². The summed E-state index contributed by atoms with van der Waals surface area (Å²) >= 11 is 0. The zero-order chi connectivity index (χ0) is 25.0. The lowest BCUT2D eigenvalue weighted by molar-refractivity contribution is -0.153. The second-order valence-corrected chi connectivity index (χ2v) is 9.14. The smallest absolute Gasteiger partial charge is 0.433 e. The van der Waals surface area contributed by atoms with Gasteiger partial charge in [0.05, 0.1) is 0 Å². The summed E-state index contributed by atoms with van der Waals surface area (Å²) in [7, 11) is 0. The quantitative estimate of drug-likeness (QED) is 0.481. The summed E-state index contributed by atoms with van der Waals surface area (Å²) in [6.07, 6.45) is -5.60. The monoisotopic (exact) mass is 500 g/mol. The van der Waals surface area contributed by atoms with E-state index in [1.807, 2.05) is 13.0 Å². The van der Waals surface area contributed by atoms with Crippen LogP contribution < -0.4 is 9.64 Å². The molecular formula is C22H22F6N6O. The van der Waals surface area contributed by atoms with Crippen LogP contribution in [0.3, 0.4) is 0 Å². The summed E-state index contributed by atoms with van der Waals surface area (Å²) in [5, 5.41) is 4.05. The molecule has 1 saturated carbocycles. The molecule has 1 aliphatic carbocycles. The molecular weight excluding hydrogens is 478 g/mol. The summed E-state index contributed by atoms with van der Waals surface area (Å²) in [6, 6.07) is 3.43. The molecule has 0 spiro atoms. The Morgan fingerprint density at radius 3 is 2.37 bits per heavy atom. The maximum Gasteiger partial charge on any atom is 0.433 e. The third-order valence-corrected chi connectivity index (χ3v) is 6.73. The van der Waals surface area contributed by atoms with Crippen molar-refractivity contribution in [3.63, 3.8) is 0 Å². The number of halogens is 6. The van der Waals surface area contributed by atoms with E-state index in [2.05, 4.69) is 25.0 Å². The molecule has 13 heteroatoms. The fourth-order valence-electron chi connectivity index (χ4n) is 5.24. The van der Waals surface area contributed by atoms with Gasteiger partial charge >= 0.3 is 12.4 Å². The van der Waals surface area contributed by atoms with Gasteiger partial charge < -0.3 is 9.64 Å². The maximum atomic E-state index is 13.5. The van der Waals surface area contributed by atoms with Crippen LogP contribution in [0.5, 0.6) is 5.75 Å². The van der Waals surface area contributed by atoms with E-state index in [1.54, 1.807) is 0 Å². The van der Waals surface area contributed by atoms with Crippen LogP contribution in [0.15, 0.2) is 24.5 Å². The van der Waals surface area contributed by atoms with Crippen molar-refractivity contribution in [2.75, 3.05) is 24.6 Å². The molecule has 4 heterocycles. The van der Waals surface area contributed by atoms with Gasteiger partial charge in [-0.2, -0.15) is 31.4 Å². The lowest BCUT2D eigenvalue weighted by Crippen LogP contribution is -2.43. The van der Waals surface area contributed by atoms with Crippen molar-refractivity contribution in [3.05, 3.63) is 41.7 Å². The van der Waals surface area contributed by atoms with Crippen LogP contribution in [0.25, 0.3) is 5.65 Å². The van der Waals surface area contributed by atoms with Gasteiger partial charge in [-0.3, -0.25) is 0 Å². The predicted molar refractivity (Wildman–Crippen MR) is 112 cm³/mol. The summed E-state index contributed by atoms with van der Waals surface area (Å²) in [5.74, 6) is 1.32. The van der Waals surface area contributed by atoms with E-state index in [-0.39, 0.29) is 29.2 Å². The minimum Gasteiger partial charge on any atom is -0.480 e. The zero-order valence-corrected chi connectivity index (χ0v) is 18.6. The standard InChI is InChI=1S/C22H22F6N6O/c1-12-6-19(30-11-29-12)33-8-13-2-3-14(9-33)15(13)7-18-31-20-16(35-10-21(23,24)25)4-5-17(22(26,27)28)34(20)32-18/h4-6,11,13-15H,2-3,7-10H2,1H3/t13-,14+,15?. The second kappa shape index (κ2) is 8.52. The number of alkyl halides is 6. The van der Waals surface area contributed by atoms with Crippen LogP contribution in [-0.2, 0) is 12.6 Å². The number of hydrogen-bond acceptors (Lipinski definition) is 6. The van der Waals surface area contributed by atoms with Gasteiger partial charge in [-0.05, 0) is 49.7 Å². The Labute approximate surface area is 196 Å². The van der Waals surface area contributed by atoms with Crippen molar-refractivity contribution in [3.8, 4) is 5.75 Å². The van der Waals surface area contributed by atoms with Crippen LogP contribution in [0, 0.1) is 24.7 Å². The molecule has 1 saturated heterocycles. The largest absolute Gasteiger partial charge is 0.480 e. The molecule has 3 aromatic rings. The molecule has 3 aromatic heterocycles. The van der Waals surface area contributed by atoms with Gasteiger partial charge in [0.25, 0.3) is 0 Å². The molecule has 7 nitrogen and oxygen atoms in total. The number of anilines is 1. The van der Waals surface area contributed by atoms with Crippen LogP contribution in [0.1, 0.15) is 30.1 Å². The van der Waals surface area contributed by atoms with Gasteiger partial charge in [-0.25, -0.2) is 19.5 Å². The Bertz CT molecular complexity index is 1210. The number of aromatic nitrogens is 5. The van der Waals surface area contributed by atoms with Crippen molar-refractivity contribution in [2.45, 2.75) is 38.5 Å². The van der Waals surface area contributed by atoms with Crippen LogP contribution in [0.2, 0.25) is 0 Å². The predicted octanol–water partition coefficient (Wildman–Crippen LogP) is 4.49. The van der Waals surface area contributed by atoms with E-state index in [1.165, 1.54) is 6.33 Å². The van der Waals surface area contributed by atoms with Gasteiger partial charge in [0.15, 0.2) is 23.8 Å². The first-order valence-electron chi connectivity index (χ1n) is 11.2. The molecule has 188 valence electrons.